The molecule has 92 valence electrons. The first kappa shape index (κ1) is 12.1. The minimum Gasteiger partial charge on any atom is -0.321 e. The Bertz CT molecular complexity index is 527. The van der Waals surface area contributed by atoms with Crippen LogP contribution in [-0.4, -0.2) is 24.5 Å². The second-order valence-corrected chi connectivity index (χ2v) is 4.44. The number of rotatable bonds is 3. The van der Waals surface area contributed by atoms with Crippen molar-refractivity contribution in [2.24, 2.45) is 12.8 Å². The molecule has 0 saturated carbocycles. The molecule has 17 heavy (non-hydrogen) atoms. The summed E-state index contributed by atoms with van der Waals surface area (Å²) in [6.45, 7) is 4.26. The maximum atomic E-state index is 6.16. The summed E-state index contributed by atoms with van der Waals surface area (Å²) in [7, 11) is 1.86. The van der Waals surface area contributed by atoms with Crippen LogP contribution in [-0.2, 0) is 13.6 Å². The van der Waals surface area contributed by atoms with Crippen molar-refractivity contribution < 1.29 is 0 Å². The number of halogens is 1. The maximum Gasteiger partial charge on any atom is 0.166 e. The molecule has 2 aromatic heterocycles. The molecule has 0 aromatic carbocycles. The highest BCUT2D eigenvalue weighted by Gasteiger charge is 2.13. The third-order valence-electron chi connectivity index (χ3n) is 2.53. The van der Waals surface area contributed by atoms with Gasteiger partial charge in [-0.1, -0.05) is 11.6 Å². The summed E-state index contributed by atoms with van der Waals surface area (Å²) >= 11 is 6.16. The third kappa shape index (κ3) is 2.32. The molecule has 2 rings (SSSR count). The minimum absolute atomic E-state index is 0.167. The van der Waals surface area contributed by atoms with Gasteiger partial charge in [0, 0.05) is 7.05 Å². The van der Waals surface area contributed by atoms with E-state index in [0.29, 0.717) is 17.4 Å². The largest absolute Gasteiger partial charge is 0.321 e. The molecule has 0 saturated heterocycles. The zero-order valence-electron chi connectivity index (χ0n) is 10.1. The van der Waals surface area contributed by atoms with E-state index in [0.717, 1.165) is 11.4 Å². The number of nitrogens with zero attached hydrogens (tertiary/aromatic N) is 5. The second kappa shape index (κ2) is 4.46. The van der Waals surface area contributed by atoms with Crippen LogP contribution in [0.25, 0.3) is 0 Å². The number of hydrogen-bond acceptors (Lipinski definition) is 4. The van der Waals surface area contributed by atoms with Crippen molar-refractivity contribution in [3.05, 3.63) is 28.6 Å². The van der Waals surface area contributed by atoms with Crippen molar-refractivity contribution in [3.8, 4) is 0 Å². The SMILES string of the molecule is Cc1nn(C)c(Cn2cnc(C(C)N)n2)c1Cl. The highest BCUT2D eigenvalue weighted by Crippen LogP contribution is 2.20. The van der Waals surface area contributed by atoms with Gasteiger partial charge in [0.2, 0.25) is 0 Å². The van der Waals surface area contributed by atoms with Crippen LogP contribution in [0.2, 0.25) is 5.02 Å². The van der Waals surface area contributed by atoms with Gasteiger partial charge in [0.1, 0.15) is 6.33 Å². The first-order valence-corrected chi connectivity index (χ1v) is 5.69. The van der Waals surface area contributed by atoms with Gasteiger partial charge in [0.05, 0.1) is 29.0 Å². The number of nitrogens with two attached hydrogens (primary N) is 1. The third-order valence-corrected chi connectivity index (χ3v) is 3.03. The Morgan fingerprint density at radius 1 is 1.47 bits per heavy atom. The predicted molar refractivity (Wildman–Crippen MR) is 64.7 cm³/mol. The van der Waals surface area contributed by atoms with E-state index in [-0.39, 0.29) is 6.04 Å². The Balaban J connectivity index is 2.25. The molecule has 0 radical (unpaired) electrons. The predicted octanol–water partition coefficient (Wildman–Crippen LogP) is 1.04. The molecule has 0 amide bonds. The lowest BCUT2D eigenvalue weighted by molar-refractivity contribution is 0.604. The van der Waals surface area contributed by atoms with E-state index in [1.165, 1.54) is 0 Å². The van der Waals surface area contributed by atoms with Crippen LogP contribution in [0.3, 0.4) is 0 Å². The standard InChI is InChI=1S/C10H15ClN6/c1-6(12)10-13-5-17(15-10)4-8-9(11)7(2)14-16(8)3/h5-6H,4,12H2,1-3H3. The van der Waals surface area contributed by atoms with Crippen LogP contribution in [0.5, 0.6) is 0 Å². The molecule has 2 N–H and O–H groups in total. The first-order chi connectivity index (χ1) is 7.99. The zero-order chi connectivity index (χ0) is 12.6. The van der Waals surface area contributed by atoms with Gasteiger partial charge < -0.3 is 5.73 Å². The van der Waals surface area contributed by atoms with E-state index >= 15 is 0 Å². The molecule has 6 nitrogen and oxygen atoms in total. The normalized spacial score (nSPS) is 13.0. The fourth-order valence-corrected chi connectivity index (χ4v) is 1.82. The first-order valence-electron chi connectivity index (χ1n) is 5.32. The summed E-state index contributed by atoms with van der Waals surface area (Å²) in [6, 6.07) is -0.167. The molecule has 1 unspecified atom stereocenters. The van der Waals surface area contributed by atoms with Crippen molar-refractivity contribution >= 4 is 11.6 Å². The van der Waals surface area contributed by atoms with Crippen molar-refractivity contribution in [1.82, 2.24) is 24.5 Å². The average molecular weight is 255 g/mol. The molecule has 0 aliphatic carbocycles. The van der Waals surface area contributed by atoms with E-state index < -0.39 is 0 Å². The molecule has 2 heterocycles. The van der Waals surface area contributed by atoms with Gasteiger partial charge in [-0.2, -0.15) is 10.2 Å². The summed E-state index contributed by atoms with van der Waals surface area (Å²) in [5, 5.41) is 9.20. The van der Waals surface area contributed by atoms with E-state index in [1.54, 1.807) is 15.7 Å². The smallest absolute Gasteiger partial charge is 0.166 e. The maximum absolute atomic E-state index is 6.16. The molecular weight excluding hydrogens is 240 g/mol. The van der Waals surface area contributed by atoms with Crippen LogP contribution in [0.1, 0.15) is 30.2 Å². The van der Waals surface area contributed by atoms with E-state index in [9.17, 15) is 0 Å². The summed E-state index contributed by atoms with van der Waals surface area (Å²) < 4.78 is 3.46. The summed E-state index contributed by atoms with van der Waals surface area (Å²) in [6.07, 6.45) is 1.65. The number of aryl methyl sites for hydroxylation is 2. The lowest BCUT2D eigenvalue weighted by atomic mass is 10.3. The van der Waals surface area contributed by atoms with E-state index in [1.807, 2.05) is 20.9 Å². The molecule has 0 aliphatic heterocycles. The van der Waals surface area contributed by atoms with Crippen LogP contribution in [0.15, 0.2) is 6.33 Å². The molecular formula is C10H15ClN6. The van der Waals surface area contributed by atoms with Gasteiger partial charge >= 0.3 is 0 Å². The minimum atomic E-state index is -0.167. The summed E-state index contributed by atoms with van der Waals surface area (Å²) in [5.41, 5.74) is 7.43. The quantitative estimate of drug-likeness (QED) is 0.888. The topological polar surface area (TPSA) is 74.5 Å². The molecule has 0 bridgehead atoms. The molecule has 7 heteroatoms. The van der Waals surface area contributed by atoms with E-state index in [4.69, 9.17) is 17.3 Å². The number of aromatic nitrogens is 5. The fourth-order valence-electron chi connectivity index (χ4n) is 1.60. The van der Waals surface area contributed by atoms with Crippen LogP contribution < -0.4 is 5.73 Å². The van der Waals surface area contributed by atoms with Crippen molar-refractivity contribution in [1.29, 1.82) is 0 Å². The fraction of sp³-hybridized carbons (Fsp3) is 0.500. The van der Waals surface area contributed by atoms with Crippen LogP contribution >= 0.6 is 11.6 Å². The van der Waals surface area contributed by atoms with Crippen molar-refractivity contribution in [2.45, 2.75) is 26.4 Å². The average Bonchev–Trinajstić information content (AvgIpc) is 2.80. The molecule has 2 aromatic rings. The highest BCUT2D eigenvalue weighted by molar-refractivity contribution is 6.31. The Hall–Kier alpha value is -1.40. The summed E-state index contributed by atoms with van der Waals surface area (Å²) in [5.74, 6) is 0.625. The zero-order valence-corrected chi connectivity index (χ0v) is 10.8. The Labute approximate surface area is 104 Å². The van der Waals surface area contributed by atoms with E-state index in [2.05, 4.69) is 15.2 Å². The second-order valence-electron chi connectivity index (χ2n) is 4.06. The monoisotopic (exact) mass is 254 g/mol. The van der Waals surface area contributed by atoms with Gasteiger partial charge in [-0.05, 0) is 13.8 Å². The van der Waals surface area contributed by atoms with Crippen LogP contribution in [0, 0.1) is 6.92 Å². The van der Waals surface area contributed by atoms with Gasteiger partial charge in [-0.25, -0.2) is 9.67 Å². The Morgan fingerprint density at radius 2 is 2.18 bits per heavy atom. The molecule has 0 aliphatic rings. The molecule has 1 atom stereocenters. The lowest BCUT2D eigenvalue weighted by Gasteiger charge is -2.02. The molecule has 0 fully saturated rings. The summed E-state index contributed by atoms with van der Waals surface area (Å²) in [4.78, 5) is 4.13. The van der Waals surface area contributed by atoms with Gasteiger partial charge in [-0.15, -0.1) is 0 Å². The Kier molecular flexibility index (Phi) is 3.17. The van der Waals surface area contributed by atoms with Gasteiger partial charge in [0.15, 0.2) is 5.82 Å². The lowest BCUT2D eigenvalue weighted by Crippen LogP contribution is -2.10. The van der Waals surface area contributed by atoms with Gasteiger partial charge in [0.25, 0.3) is 0 Å². The highest BCUT2D eigenvalue weighted by atomic mass is 35.5. The molecule has 0 spiro atoms. The van der Waals surface area contributed by atoms with Crippen LogP contribution in [0.4, 0.5) is 0 Å². The van der Waals surface area contributed by atoms with Gasteiger partial charge in [-0.3, -0.25) is 4.68 Å². The van der Waals surface area contributed by atoms with Crippen molar-refractivity contribution in [2.75, 3.05) is 0 Å². The van der Waals surface area contributed by atoms with Crippen molar-refractivity contribution in [3.63, 3.8) is 0 Å². The Morgan fingerprint density at radius 3 is 2.65 bits per heavy atom. The number of hydrogen-bond donors (Lipinski definition) is 1.